The van der Waals surface area contributed by atoms with Gasteiger partial charge in [-0.3, -0.25) is 10.1 Å². The van der Waals surface area contributed by atoms with E-state index in [0.717, 1.165) is 24.3 Å². The first-order valence-corrected chi connectivity index (χ1v) is 6.96. The molecule has 1 heterocycles. The summed E-state index contributed by atoms with van der Waals surface area (Å²) in [5.41, 5.74) is 1.05. The highest BCUT2D eigenvalue weighted by Crippen LogP contribution is 2.19. The van der Waals surface area contributed by atoms with Gasteiger partial charge in [0.1, 0.15) is 0 Å². The van der Waals surface area contributed by atoms with E-state index >= 15 is 0 Å². The Kier molecular flexibility index (Phi) is 4.39. The number of hydrogen-bond acceptors (Lipinski definition) is 4. The number of benzene rings is 1. The molecule has 1 N–H and O–H groups in total. The molecule has 0 aliphatic carbocycles. The van der Waals surface area contributed by atoms with Crippen molar-refractivity contribution in [2.45, 2.75) is 18.9 Å². The summed E-state index contributed by atoms with van der Waals surface area (Å²) in [6, 6.07) is 7.56. The first-order valence-electron chi connectivity index (χ1n) is 5.81. The average Bonchev–Trinajstić information content (AvgIpc) is 2.82. The molecule has 0 radical (unpaired) electrons. The second kappa shape index (κ2) is 6.02. The largest absolute Gasteiger partial charge is 0.313 e. The number of rotatable bonds is 5. The molecular formula is C12H16N2O2S. The van der Waals surface area contributed by atoms with Crippen LogP contribution < -0.4 is 5.32 Å². The van der Waals surface area contributed by atoms with E-state index in [1.165, 1.54) is 12.2 Å². The minimum absolute atomic E-state index is 0.232. The number of nitrogens with one attached hydrogen (secondary N) is 1. The number of nitro benzene ring substituents is 1. The van der Waals surface area contributed by atoms with Gasteiger partial charge in [-0.25, -0.2) is 0 Å². The van der Waals surface area contributed by atoms with Crippen molar-refractivity contribution in [2.24, 2.45) is 0 Å². The zero-order chi connectivity index (χ0) is 12.1. The summed E-state index contributed by atoms with van der Waals surface area (Å²) in [6.45, 7) is 0.816. The predicted molar refractivity (Wildman–Crippen MR) is 70.5 cm³/mol. The molecule has 1 atom stereocenters. The predicted octanol–water partition coefficient (Wildman–Crippen LogP) is 2.23. The molecule has 0 aromatic heterocycles. The maximum absolute atomic E-state index is 10.8. The molecule has 0 spiro atoms. The second-order valence-corrected chi connectivity index (χ2v) is 5.30. The lowest BCUT2D eigenvalue weighted by atomic mass is 10.1. The quantitative estimate of drug-likeness (QED) is 0.645. The SMILES string of the molecule is O=[N+]([O-])c1ccccc1CCNC1CCSC1. The van der Waals surface area contributed by atoms with E-state index in [9.17, 15) is 10.1 Å². The van der Waals surface area contributed by atoms with Crippen molar-refractivity contribution < 1.29 is 4.92 Å². The minimum atomic E-state index is -0.305. The van der Waals surface area contributed by atoms with Crippen molar-refractivity contribution in [2.75, 3.05) is 18.1 Å². The summed E-state index contributed by atoms with van der Waals surface area (Å²) in [5, 5.41) is 14.3. The van der Waals surface area contributed by atoms with Crippen LogP contribution in [0, 0.1) is 10.1 Å². The molecule has 92 valence electrons. The molecule has 0 bridgehead atoms. The van der Waals surface area contributed by atoms with Crippen molar-refractivity contribution in [1.29, 1.82) is 0 Å². The Labute approximate surface area is 105 Å². The number of nitro groups is 1. The molecule has 1 aliphatic heterocycles. The van der Waals surface area contributed by atoms with Crippen LogP contribution in [-0.2, 0) is 6.42 Å². The fourth-order valence-electron chi connectivity index (χ4n) is 2.01. The molecule has 1 unspecified atom stereocenters. The highest BCUT2D eigenvalue weighted by Gasteiger charge is 2.15. The summed E-state index contributed by atoms with van der Waals surface area (Å²) in [7, 11) is 0. The Morgan fingerprint density at radius 3 is 3.00 bits per heavy atom. The smallest absolute Gasteiger partial charge is 0.272 e. The zero-order valence-electron chi connectivity index (χ0n) is 9.59. The number of para-hydroxylation sites is 1. The standard InChI is InChI=1S/C12H16N2O2S/c15-14(16)12-4-2-1-3-10(12)5-7-13-11-6-8-17-9-11/h1-4,11,13H,5-9H2. The van der Waals surface area contributed by atoms with Crippen LogP contribution in [0.15, 0.2) is 24.3 Å². The van der Waals surface area contributed by atoms with E-state index in [0.29, 0.717) is 6.04 Å². The molecule has 1 fully saturated rings. The third-order valence-corrected chi connectivity index (χ3v) is 4.11. The van der Waals surface area contributed by atoms with Crippen molar-refractivity contribution in [3.8, 4) is 0 Å². The van der Waals surface area contributed by atoms with Gasteiger partial charge >= 0.3 is 0 Å². The van der Waals surface area contributed by atoms with Gasteiger partial charge in [-0.15, -0.1) is 0 Å². The van der Waals surface area contributed by atoms with E-state index in [1.807, 2.05) is 23.9 Å². The van der Waals surface area contributed by atoms with Gasteiger partial charge in [-0.2, -0.15) is 11.8 Å². The lowest BCUT2D eigenvalue weighted by Crippen LogP contribution is -2.30. The van der Waals surface area contributed by atoms with Gasteiger partial charge in [-0.1, -0.05) is 18.2 Å². The van der Waals surface area contributed by atoms with E-state index in [2.05, 4.69) is 5.32 Å². The second-order valence-electron chi connectivity index (χ2n) is 4.15. The lowest BCUT2D eigenvalue weighted by Gasteiger charge is -2.10. The maximum Gasteiger partial charge on any atom is 0.272 e. The highest BCUT2D eigenvalue weighted by atomic mass is 32.2. The van der Waals surface area contributed by atoms with Crippen molar-refractivity contribution in [1.82, 2.24) is 5.32 Å². The Bertz CT molecular complexity index is 392. The van der Waals surface area contributed by atoms with Crippen LogP contribution in [-0.4, -0.2) is 29.0 Å². The first kappa shape index (κ1) is 12.4. The van der Waals surface area contributed by atoms with Gasteiger partial charge in [-0.05, 0) is 25.1 Å². The van der Waals surface area contributed by atoms with Gasteiger partial charge in [0.25, 0.3) is 5.69 Å². The van der Waals surface area contributed by atoms with E-state index < -0.39 is 0 Å². The summed E-state index contributed by atoms with van der Waals surface area (Å²) in [6.07, 6.45) is 1.93. The minimum Gasteiger partial charge on any atom is -0.313 e. The zero-order valence-corrected chi connectivity index (χ0v) is 10.4. The van der Waals surface area contributed by atoms with Crippen LogP contribution in [0.1, 0.15) is 12.0 Å². The molecule has 0 saturated carbocycles. The Morgan fingerprint density at radius 1 is 1.47 bits per heavy atom. The molecule has 2 rings (SSSR count). The lowest BCUT2D eigenvalue weighted by molar-refractivity contribution is -0.385. The van der Waals surface area contributed by atoms with Gasteiger partial charge in [0, 0.05) is 23.4 Å². The molecule has 4 nitrogen and oxygen atoms in total. The first-order chi connectivity index (χ1) is 8.27. The molecule has 1 aromatic rings. The van der Waals surface area contributed by atoms with Gasteiger partial charge < -0.3 is 5.32 Å². The number of nitrogens with zero attached hydrogens (tertiary/aromatic N) is 1. The summed E-state index contributed by atoms with van der Waals surface area (Å²) in [5.74, 6) is 2.39. The molecule has 17 heavy (non-hydrogen) atoms. The molecule has 1 aliphatic rings. The Hall–Kier alpha value is -1.07. The van der Waals surface area contributed by atoms with Crippen LogP contribution >= 0.6 is 11.8 Å². The van der Waals surface area contributed by atoms with E-state index in [-0.39, 0.29) is 10.6 Å². The normalized spacial score (nSPS) is 19.4. The summed E-state index contributed by atoms with van der Waals surface area (Å²) < 4.78 is 0. The van der Waals surface area contributed by atoms with Crippen LogP contribution in [0.25, 0.3) is 0 Å². The number of thioether (sulfide) groups is 1. The third-order valence-electron chi connectivity index (χ3n) is 2.95. The fourth-order valence-corrected chi connectivity index (χ4v) is 3.19. The molecule has 0 amide bonds. The summed E-state index contributed by atoms with van der Waals surface area (Å²) in [4.78, 5) is 10.5. The van der Waals surface area contributed by atoms with Gasteiger partial charge in [0.2, 0.25) is 0 Å². The van der Waals surface area contributed by atoms with Crippen LogP contribution in [0.5, 0.6) is 0 Å². The van der Waals surface area contributed by atoms with E-state index in [4.69, 9.17) is 0 Å². The molecule has 5 heteroatoms. The fraction of sp³-hybridized carbons (Fsp3) is 0.500. The Morgan fingerprint density at radius 2 is 2.29 bits per heavy atom. The van der Waals surface area contributed by atoms with Crippen LogP contribution in [0.2, 0.25) is 0 Å². The van der Waals surface area contributed by atoms with Crippen molar-refractivity contribution >= 4 is 17.4 Å². The van der Waals surface area contributed by atoms with Gasteiger partial charge in [0.05, 0.1) is 4.92 Å². The average molecular weight is 252 g/mol. The van der Waals surface area contributed by atoms with Gasteiger partial charge in [0.15, 0.2) is 0 Å². The molecule has 1 saturated heterocycles. The summed E-state index contributed by atoms with van der Waals surface area (Å²) >= 11 is 1.97. The topological polar surface area (TPSA) is 55.2 Å². The van der Waals surface area contributed by atoms with Crippen molar-refractivity contribution in [3.05, 3.63) is 39.9 Å². The maximum atomic E-state index is 10.8. The number of hydrogen-bond donors (Lipinski definition) is 1. The van der Waals surface area contributed by atoms with Crippen molar-refractivity contribution in [3.63, 3.8) is 0 Å². The third kappa shape index (κ3) is 3.44. The van der Waals surface area contributed by atoms with Crippen LogP contribution in [0.3, 0.4) is 0 Å². The molecule has 1 aromatic carbocycles. The Balaban J connectivity index is 1.87. The molecular weight excluding hydrogens is 236 g/mol. The highest BCUT2D eigenvalue weighted by molar-refractivity contribution is 7.99. The monoisotopic (exact) mass is 252 g/mol. The van der Waals surface area contributed by atoms with E-state index in [1.54, 1.807) is 12.1 Å². The van der Waals surface area contributed by atoms with Crippen LogP contribution in [0.4, 0.5) is 5.69 Å².